The van der Waals surface area contributed by atoms with Crippen molar-refractivity contribution < 1.29 is 18.0 Å². The Kier molecular flexibility index (Phi) is 6.14. The SMILES string of the molecule is Cc1c(NC(=O)c2ccc(N3CCNCC3)nc2)cccc1-c1ccc(C(F)(F)F)cc1. The first-order valence-electron chi connectivity index (χ1n) is 10.3. The molecule has 5 nitrogen and oxygen atoms in total. The summed E-state index contributed by atoms with van der Waals surface area (Å²) < 4.78 is 38.5. The zero-order valence-corrected chi connectivity index (χ0v) is 17.5. The third-order valence-corrected chi connectivity index (χ3v) is 5.56. The van der Waals surface area contributed by atoms with Crippen LogP contribution >= 0.6 is 0 Å². The quantitative estimate of drug-likeness (QED) is 0.616. The van der Waals surface area contributed by atoms with E-state index in [1.807, 2.05) is 19.1 Å². The maximum atomic E-state index is 12.8. The number of nitrogens with zero attached hydrogens (tertiary/aromatic N) is 2. The molecular formula is C24H23F3N4O. The van der Waals surface area contributed by atoms with Crippen molar-refractivity contribution in [3.63, 3.8) is 0 Å². The van der Waals surface area contributed by atoms with Gasteiger partial charge in [0, 0.05) is 38.1 Å². The number of carbonyl (C=O) groups excluding carboxylic acids is 1. The number of piperazine rings is 1. The lowest BCUT2D eigenvalue weighted by Crippen LogP contribution is -2.43. The van der Waals surface area contributed by atoms with Gasteiger partial charge in [-0.3, -0.25) is 4.79 Å². The van der Waals surface area contributed by atoms with Crippen LogP contribution in [0.2, 0.25) is 0 Å². The van der Waals surface area contributed by atoms with Gasteiger partial charge in [-0.15, -0.1) is 0 Å². The van der Waals surface area contributed by atoms with Gasteiger partial charge in [0.2, 0.25) is 0 Å². The van der Waals surface area contributed by atoms with E-state index in [2.05, 4.69) is 20.5 Å². The number of alkyl halides is 3. The van der Waals surface area contributed by atoms with Crippen LogP contribution in [-0.2, 0) is 6.18 Å². The van der Waals surface area contributed by atoms with Gasteiger partial charge in [-0.25, -0.2) is 4.98 Å². The number of anilines is 2. The van der Waals surface area contributed by atoms with Crippen LogP contribution in [0.15, 0.2) is 60.8 Å². The summed E-state index contributed by atoms with van der Waals surface area (Å²) in [6.07, 6.45) is -2.82. The van der Waals surface area contributed by atoms with Crippen molar-refractivity contribution in [1.82, 2.24) is 10.3 Å². The fourth-order valence-corrected chi connectivity index (χ4v) is 3.72. The van der Waals surface area contributed by atoms with Crippen LogP contribution in [0.5, 0.6) is 0 Å². The van der Waals surface area contributed by atoms with Crippen LogP contribution in [0.3, 0.4) is 0 Å². The molecule has 1 saturated heterocycles. The Morgan fingerprint density at radius 1 is 1.03 bits per heavy atom. The van der Waals surface area contributed by atoms with Crippen molar-refractivity contribution in [2.75, 3.05) is 36.4 Å². The van der Waals surface area contributed by atoms with Gasteiger partial charge in [-0.05, 0) is 53.9 Å². The number of benzene rings is 2. The highest BCUT2D eigenvalue weighted by molar-refractivity contribution is 6.05. The van der Waals surface area contributed by atoms with E-state index in [0.29, 0.717) is 16.8 Å². The van der Waals surface area contributed by atoms with Crippen molar-refractivity contribution in [3.8, 4) is 11.1 Å². The van der Waals surface area contributed by atoms with Crippen LogP contribution in [0, 0.1) is 6.92 Å². The molecule has 8 heteroatoms. The maximum absolute atomic E-state index is 12.8. The standard InChI is InChI=1S/C24H23F3N4O/c1-16-20(17-5-8-19(9-6-17)24(25,26)27)3-2-4-21(16)30-23(32)18-7-10-22(29-15-18)31-13-11-28-12-14-31/h2-10,15,28H,11-14H2,1H3,(H,30,32). The molecule has 0 unspecified atom stereocenters. The molecule has 0 atom stereocenters. The Labute approximate surface area is 184 Å². The summed E-state index contributed by atoms with van der Waals surface area (Å²) in [6, 6.07) is 13.9. The minimum atomic E-state index is -4.38. The summed E-state index contributed by atoms with van der Waals surface area (Å²) in [7, 11) is 0. The normalized spacial score (nSPS) is 14.3. The largest absolute Gasteiger partial charge is 0.416 e. The Hall–Kier alpha value is -3.39. The van der Waals surface area contributed by atoms with Gasteiger partial charge < -0.3 is 15.5 Å². The average Bonchev–Trinajstić information content (AvgIpc) is 2.80. The number of pyridine rings is 1. The first-order valence-corrected chi connectivity index (χ1v) is 10.3. The molecule has 2 heterocycles. The van der Waals surface area contributed by atoms with Crippen molar-refractivity contribution in [3.05, 3.63) is 77.5 Å². The Balaban J connectivity index is 1.50. The first kappa shape index (κ1) is 21.8. The summed E-state index contributed by atoms with van der Waals surface area (Å²) in [5.74, 6) is 0.542. The third kappa shape index (κ3) is 4.75. The summed E-state index contributed by atoms with van der Waals surface area (Å²) in [4.78, 5) is 19.3. The number of aromatic nitrogens is 1. The van der Waals surface area contributed by atoms with Gasteiger partial charge in [0.15, 0.2) is 0 Å². The lowest BCUT2D eigenvalue weighted by atomic mass is 9.98. The zero-order valence-electron chi connectivity index (χ0n) is 17.5. The van der Waals surface area contributed by atoms with Crippen LogP contribution in [0.25, 0.3) is 11.1 Å². The summed E-state index contributed by atoms with van der Waals surface area (Å²) in [6.45, 7) is 5.37. The molecule has 3 aromatic rings. The van der Waals surface area contributed by atoms with E-state index in [1.165, 1.54) is 12.1 Å². The molecule has 2 N–H and O–H groups in total. The van der Waals surface area contributed by atoms with E-state index >= 15 is 0 Å². The number of rotatable bonds is 4. The first-order chi connectivity index (χ1) is 15.3. The van der Waals surface area contributed by atoms with E-state index < -0.39 is 11.7 Å². The summed E-state index contributed by atoms with van der Waals surface area (Å²) >= 11 is 0. The molecule has 1 aliphatic rings. The van der Waals surface area contributed by atoms with Gasteiger partial charge in [0.1, 0.15) is 5.82 Å². The number of amides is 1. The molecule has 1 aromatic heterocycles. The van der Waals surface area contributed by atoms with Crippen molar-refractivity contribution in [2.45, 2.75) is 13.1 Å². The monoisotopic (exact) mass is 440 g/mol. The molecule has 4 rings (SSSR count). The number of nitrogens with one attached hydrogen (secondary N) is 2. The Bertz CT molecular complexity index is 1090. The van der Waals surface area contributed by atoms with Crippen LogP contribution in [-0.4, -0.2) is 37.1 Å². The van der Waals surface area contributed by atoms with E-state index in [-0.39, 0.29) is 5.91 Å². The summed E-state index contributed by atoms with van der Waals surface area (Å²) in [5, 5.41) is 6.18. The molecule has 0 spiro atoms. The fourth-order valence-electron chi connectivity index (χ4n) is 3.72. The highest BCUT2D eigenvalue weighted by Gasteiger charge is 2.30. The number of hydrogen-bond donors (Lipinski definition) is 2. The summed E-state index contributed by atoms with van der Waals surface area (Å²) in [5.41, 5.74) is 2.50. The average molecular weight is 440 g/mol. The van der Waals surface area contributed by atoms with Gasteiger partial charge >= 0.3 is 6.18 Å². The van der Waals surface area contributed by atoms with E-state index in [1.54, 1.807) is 24.4 Å². The number of carbonyl (C=O) groups is 1. The second-order valence-corrected chi connectivity index (χ2v) is 7.65. The highest BCUT2D eigenvalue weighted by Crippen LogP contribution is 2.33. The molecule has 1 fully saturated rings. The molecule has 0 aliphatic carbocycles. The van der Waals surface area contributed by atoms with Gasteiger partial charge in [-0.1, -0.05) is 24.3 Å². The fraction of sp³-hybridized carbons (Fsp3) is 0.250. The number of hydrogen-bond acceptors (Lipinski definition) is 4. The Morgan fingerprint density at radius 3 is 2.38 bits per heavy atom. The molecule has 1 aliphatic heterocycles. The van der Waals surface area contributed by atoms with Crippen molar-refractivity contribution in [1.29, 1.82) is 0 Å². The molecule has 2 aromatic carbocycles. The minimum Gasteiger partial charge on any atom is -0.354 e. The van der Waals surface area contributed by atoms with Gasteiger partial charge in [0.05, 0.1) is 11.1 Å². The topological polar surface area (TPSA) is 57.3 Å². The lowest BCUT2D eigenvalue weighted by Gasteiger charge is -2.28. The third-order valence-electron chi connectivity index (χ3n) is 5.56. The molecule has 0 bridgehead atoms. The van der Waals surface area contributed by atoms with Gasteiger partial charge in [-0.2, -0.15) is 13.2 Å². The van der Waals surface area contributed by atoms with Crippen LogP contribution < -0.4 is 15.5 Å². The van der Waals surface area contributed by atoms with Crippen LogP contribution in [0.4, 0.5) is 24.7 Å². The predicted molar refractivity (Wildman–Crippen MR) is 119 cm³/mol. The molecular weight excluding hydrogens is 417 g/mol. The second-order valence-electron chi connectivity index (χ2n) is 7.65. The molecule has 0 saturated carbocycles. The van der Waals surface area contributed by atoms with Crippen LogP contribution in [0.1, 0.15) is 21.5 Å². The van der Waals surface area contributed by atoms with Crippen molar-refractivity contribution >= 4 is 17.4 Å². The maximum Gasteiger partial charge on any atom is 0.416 e. The van der Waals surface area contributed by atoms with E-state index in [4.69, 9.17) is 0 Å². The van der Waals surface area contributed by atoms with Crippen molar-refractivity contribution in [2.24, 2.45) is 0 Å². The highest BCUT2D eigenvalue weighted by atomic mass is 19.4. The van der Waals surface area contributed by atoms with E-state index in [9.17, 15) is 18.0 Å². The molecule has 166 valence electrons. The Morgan fingerprint density at radius 2 is 1.75 bits per heavy atom. The minimum absolute atomic E-state index is 0.294. The second kappa shape index (κ2) is 9.00. The molecule has 0 radical (unpaired) electrons. The number of halogens is 3. The molecule has 32 heavy (non-hydrogen) atoms. The zero-order chi connectivity index (χ0) is 22.7. The van der Waals surface area contributed by atoms with Gasteiger partial charge in [0.25, 0.3) is 5.91 Å². The lowest BCUT2D eigenvalue weighted by molar-refractivity contribution is -0.137. The smallest absolute Gasteiger partial charge is 0.354 e. The molecule has 1 amide bonds. The predicted octanol–water partition coefficient (Wildman–Crippen LogP) is 4.74. The van der Waals surface area contributed by atoms with E-state index in [0.717, 1.165) is 55.3 Å².